The van der Waals surface area contributed by atoms with Crippen LogP contribution in [0, 0.1) is 13.8 Å². The first-order valence-corrected chi connectivity index (χ1v) is 7.24. The Kier molecular flexibility index (Phi) is 7.10. The molecule has 1 saturated heterocycles. The zero-order valence-electron chi connectivity index (χ0n) is 12.1. The minimum Gasteiger partial charge on any atom is -0.491 e. The van der Waals surface area contributed by atoms with E-state index in [-0.39, 0.29) is 12.4 Å². The molecule has 0 aromatic heterocycles. The third-order valence-electron chi connectivity index (χ3n) is 3.52. The van der Waals surface area contributed by atoms with E-state index >= 15 is 0 Å². The summed E-state index contributed by atoms with van der Waals surface area (Å²) in [5, 5.41) is 10.8. The number of benzene rings is 1. The average molecular weight is 320 g/mol. The van der Waals surface area contributed by atoms with Crippen LogP contribution in [0.25, 0.3) is 0 Å². The van der Waals surface area contributed by atoms with E-state index in [1.807, 2.05) is 26.0 Å². The Bertz CT molecular complexity index is 411. The predicted molar refractivity (Wildman–Crippen MR) is 85.3 cm³/mol. The molecule has 1 aromatic carbocycles. The van der Waals surface area contributed by atoms with E-state index in [2.05, 4.69) is 4.90 Å². The molecular weight excluding hydrogens is 297 g/mol. The lowest BCUT2D eigenvalue weighted by atomic mass is 10.1. The van der Waals surface area contributed by atoms with Crippen LogP contribution in [0.5, 0.6) is 5.75 Å². The van der Waals surface area contributed by atoms with Crippen LogP contribution in [0.1, 0.15) is 24.0 Å². The SMILES string of the molecule is Cc1cc(OCC(O)CN2CCCC2)cc(C)c1Cl.Cl. The molecule has 1 unspecified atom stereocenters. The Labute approximate surface area is 132 Å². The van der Waals surface area contributed by atoms with E-state index in [4.69, 9.17) is 16.3 Å². The van der Waals surface area contributed by atoms with E-state index in [1.54, 1.807) is 0 Å². The molecule has 0 spiro atoms. The number of likely N-dealkylation sites (tertiary alicyclic amines) is 1. The van der Waals surface area contributed by atoms with Gasteiger partial charge >= 0.3 is 0 Å². The van der Waals surface area contributed by atoms with Crippen LogP contribution >= 0.6 is 24.0 Å². The van der Waals surface area contributed by atoms with Crippen molar-refractivity contribution in [1.82, 2.24) is 4.90 Å². The third kappa shape index (κ3) is 4.81. The van der Waals surface area contributed by atoms with Gasteiger partial charge in [-0.25, -0.2) is 0 Å². The van der Waals surface area contributed by atoms with E-state index in [9.17, 15) is 5.11 Å². The summed E-state index contributed by atoms with van der Waals surface area (Å²) in [6.07, 6.45) is 2.04. The third-order valence-corrected chi connectivity index (χ3v) is 4.12. The number of hydrogen-bond donors (Lipinski definition) is 1. The van der Waals surface area contributed by atoms with Crippen LogP contribution in [0.15, 0.2) is 12.1 Å². The van der Waals surface area contributed by atoms with E-state index in [1.165, 1.54) is 12.8 Å². The number of nitrogens with zero attached hydrogens (tertiary/aromatic N) is 1. The largest absolute Gasteiger partial charge is 0.491 e. The maximum atomic E-state index is 9.97. The van der Waals surface area contributed by atoms with Crippen LogP contribution in [0.3, 0.4) is 0 Å². The fourth-order valence-corrected chi connectivity index (χ4v) is 2.61. The molecule has 2 rings (SSSR count). The smallest absolute Gasteiger partial charge is 0.120 e. The molecule has 1 aromatic rings. The Morgan fingerprint density at radius 3 is 2.35 bits per heavy atom. The Balaban J connectivity index is 0.00000200. The molecule has 3 nitrogen and oxygen atoms in total. The first-order chi connectivity index (χ1) is 9.06. The molecule has 1 aliphatic rings. The van der Waals surface area contributed by atoms with Gasteiger partial charge in [0.05, 0.1) is 0 Å². The zero-order chi connectivity index (χ0) is 13.8. The highest BCUT2D eigenvalue weighted by Gasteiger charge is 2.16. The fraction of sp³-hybridized carbons (Fsp3) is 0.600. The first-order valence-electron chi connectivity index (χ1n) is 6.86. The Morgan fingerprint density at radius 1 is 1.25 bits per heavy atom. The highest BCUT2D eigenvalue weighted by atomic mass is 35.5. The van der Waals surface area contributed by atoms with E-state index in [0.717, 1.165) is 35.0 Å². The minimum atomic E-state index is -0.436. The second kappa shape index (κ2) is 8.08. The molecule has 5 heteroatoms. The minimum absolute atomic E-state index is 0. The number of halogens is 2. The van der Waals surface area contributed by atoms with Crippen LogP contribution in [-0.2, 0) is 0 Å². The molecule has 0 saturated carbocycles. The average Bonchev–Trinajstić information content (AvgIpc) is 2.86. The number of β-amino-alcohol motifs (C(OH)–C–C–N with tert-alkyl or cyclic N) is 1. The van der Waals surface area contributed by atoms with Crippen molar-refractivity contribution in [2.45, 2.75) is 32.8 Å². The lowest BCUT2D eigenvalue weighted by Gasteiger charge is -2.20. The van der Waals surface area contributed by atoms with Crippen LogP contribution < -0.4 is 4.74 Å². The summed E-state index contributed by atoms with van der Waals surface area (Å²) >= 11 is 6.11. The van der Waals surface area contributed by atoms with Gasteiger partial charge in [0.1, 0.15) is 18.5 Å². The summed E-state index contributed by atoms with van der Waals surface area (Å²) in [6.45, 7) is 7.14. The van der Waals surface area contributed by atoms with Gasteiger partial charge in [-0.15, -0.1) is 12.4 Å². The molecular formula is C15H23Cl2NO2. The van der Waals surface area contributed by atoms with Crippen molar-refractivity contribution >= 4 is 24.0 Å². The van der Waals surface area contributed by atoms with Gasteiger partial charge in [0.15, 0.2) is 0 Å². The van der Waals surface area contributed by atoms with Gasteiger partial charge in [-0.1, -0.05) is 11.6 Å². The molecule has 20 heavy (non-hydrogen) atoms. The van der Waals surface area contributed by atoms with Crippen LogP contribution in [0.2, 0.25) is 5.02 Å². The summed E-state index contributed by atoms with van der Waals surface area (Å²) in [6, 6.07) is 3.83. The molecule has 0 radical (unpaired) electrons. The number of rotatable bonds is 5. The second-order valence-corrected chi connectivity index (χ2v) is 5.72. The number of ether oxygens (including phenoxy) is 1. The van der Waals surface area contributed by atoms with Gasteiger partial charge in [0.2, 0.25) is 0 Å². The van der Waals surface area contributed by atoms with Crippen molar-refractivity contribution in [2.75, 3.05) is 26.2 Å². The van der Waals surface area contributed by atoms with Crippen molar-refractivity contribution in [3.05, 3.63) is 28.3 Å². The van der Waals surface area contributed by atoms with Crippen molar-refractivity contribution in [3.63, 3.8) is 0 Å². The maximum absolute atomic E-state index is 9.97. The molecule has 114 valence electrons. The van der Waals surface area contributed by atoms with Crippen molar-refractivity contribution < 1.29 is 9.84 Å². The molecule has 1 fully saturated rings. The monoisotopic (exact) mass is 319 g/mol. The quantitative estimate of drug-likeness (QED) is 0.904. The van der Waals surface area contributed by atoms with Gasteiger partial charge in [0.25, 0.3) is 0 Å². The highest BCUT2D eigenvalue weighted by Crippen LogP contribution is 2.25. The Hall–Kier alpha value is -0.480. The molecule has 0 bridgehead atoms. The Morgan fingerprint density at radius 2 is 1.80 bits per heavy atom. The standard InChI is InChI=1S/C15H22ClNO2.ClH/c1-11-7-14(8-12(2)15(11)16)19-10-13(18)9-17-5-3-4-6-17;/h7-8,13,18H,3-6,9-10H2,1-2H3;1H. The first kappa shape index (κ1) is 17.6. The number of hydrogen-bond acceptors (Lipinski definition) is 3. The molecule has 1 heterocycles. The molecule has 1 N–H and O–H groups in total. The van der Waals surface area contributed by atoms with Crippen molar-refractivity contribution in [3.8, 4) is 5.75 Å². The maximum Gasteiger partial charge on any atom is 0.120 e. The molecule has 0 aliphatic carbocycles. The molecule has 1 aliphatic heterocycles. The topological polar surface area (TPSA) is 32.7 Å². The predicted octanol–water partition coefficient (Wildman–Crippen LogP) is 3.21. The van der Waals surface area contributed by atoms with E-state index < -0.39 is 6.10 Å². The van der Waals surface area contributed by atoms with Gasteiger partial charge in [-0.3, -0.25) is 0 Å². The lowest BCUT2D eigenvalue weighted by molar-refractivity contribution is 0.0758. The zero-order valence-corrected chi connectivity index (χ0v) is 13.6. The summed E-state index contributed by atoms with van der Waals surface area (Å²) < 4.78 is 5.66. The van der Waals surface area contributed by atoms with Crippen molar-refractivity contribution in [1.29, 1.82) is 0 Å². The van der Waals surface area contributed by atoms with Gasteiger partial charge in [-0.05, 0) is 63.0 Å². The van der Waals surface area contributed by atoms with Gasteiger partial charge in [-0.2, -0.15) is 0 Å². The highest BCUT2D eigenvalue weighted by molar-refractivity contribution is 6.32. The van der Waals surface area contributed by atoms with Crippen LogP contribution in [0.4, 0.5) is 0 Å². The number of aryl methyl sites for hydroxylation is 2. The van der Waals surface area contributed by atoms with Crippen LogP contribution in [-0.4, -0.2) is 42.4 Å². The molecule has 0 amide bonds. The molecule has 1 atom stereocenters. The van der Waals surface area contributed by atoms with Gasteiger partial charge < -0.3 is 14.7 Å². The normalized spacial score (nSPS) is 16.8. The van der Waals surface area contributed by atoms with E-state index in [0.29, 0.717) is 13.2 Å². The summed E-state index contributed by atoms with van der Waals surface area (Å²) in [7, 11) is 0. The second-order valence-electron chi connectivity index (χ2n) is 5.34. The summed E-state index contributed by atoms with van der Waals surface area (Å²) in [5.74, 6) is 0.778. The summed E-state index contributed by atoms with van der Waals surface area (Å²) in [5.41, 5.74) is 2.01. The number of aliphatic hydroxyl groups is 1. The fourth-order valence-electron chi connectivity index (χ4n) is 2.50. The lowest BCUT2D eigenvalue weighted by Crippen LogP contribution is -2.33. The van der Waals surface area contributed by atoms with Crippen molar-refractivity contribution in [2.24, 2.45) is 0 Å². The summed E-state index contributed by atoms with van der Waals surface area (Å²) in [4.78, 5) is 2.28. The van der Waals surface area contributed by atoms with Gasteiger partial charge in [0, 0.05) is 11.6 Å². The number of aliphatic hydroxyl groups excluding tert-OH is 1.